The van der Waals surface area contributed by atoms with E-state index in [1.54, 1.807) is 16.9 Å². The van der Waals surface area contributed by atoms with Crippen LogP contribution in [0.15, 0.2) is 24.5 Å². The van der Waals surface area contributed by atoms with E-state index < -0.39 is 10.0 Å². The van der Waals surface area contributed by atoms with Gasteiger partial charge in [0.25, 0.3) is 0 Å². The number of hydrogen-bond acceptors (Lipinski definition) is 7. The Morgan fingerprint density at radius 3 is 2.54 bits per heavy atom. The van der Waals surface area contributed by atoms with Gasteiger partial charge in [-0.05, 0) is 25.0 Å². The number of piperidine rings is 1. The minimum atomic E-state index is -3.12. The summed E-state index contributed by atoms with van der Waals surface area (Å²) in [7, 11) is -3.12. The Morgan fingerprint density at radius 2 is 1.88 bits per heavy atom. The van der Waals surface area contributed by atoms with Crippen molar-refractivity contribution in [2.24, 2.45) is 0 Å². The van der Waals surface area contributed by atoms with E-state index in [9.17, 15) is 8.42 Å². The highest BCUT2D eigenvalue weighted by Gasteiger charge is 2.29. The quantitative estimate of drug-likeness (QED) is 0.697. The van der Waals surface area contributed by atoms with Gasteiger partial charge in [-0.15, -0.1) is 10.2 Å². The minimum Gasteiger partial charge on any atom is -0.265 e. The predicted octanol–water partition coefficient (Wildman–Crippen LogP) is 1.39. The first-order valence-corrected chi connectivity index (χ1v) is 10.3. The summed E-state index contributed by atoms with van der Waals surface area (Å²) < 4.78 is 26.6. The highest BCUT2D eigenvalue weighted by molar-refractivity contribution is 7.88. The Morgan fingerprint density at radius 1 is 1.17 bits per heavy atom. The van der Waals surface area contributed by atoms with E-state index in [-0.39, 0.29) is 5.92 Å². The zero-order chi connectivity index (χ0) is 16.7. The van der Waals surface area contributed by atoms with Crippen LogP contribution in [0.3, 0.4) is 0 Å². The van der Waals surface area contributed by atoms with Gasteiger partial charge >= 0.3 is 0 Å². The number of sulfonamides is 1. The normalized spacial score (nSPS) is 17.5. The molecule has 1 saturated heterocycles. The molecule has 0 amide bonds. The van der Waals surface area contributed by atoms with Crippen LogP contribution >= 0.6 is 11.3 Å². The van der Waals surface area contributed by atoms with Crippen LogP contribution in [0.2, 0.25) is 0 Å². The Kier molecular flexibility index (Phi) is 3.82. The largest absolute Gasteiger partial charge is 0.265 e. The van der Waals surface area contributed by atoms with E-state index in [1.807, 2.05) is 12.1 Å². The van der Waals surface area contributed by atoms with Crippen molar-refractivity contribution in [3.05, 3.63) is 30.4 Å². The molecule has 10 heteroatoms. The van der Waals surface area contributed by atoms with Gasteiger partial charge in [-0.2, -0.15) is 9.61 Å². The second kappa shape index (κ2) is 5.87. The van der Waals surface area contributed by atoms with Gasteiger partial charge in [0.2, 0.25) is 15.0 Å². The Bertz CT molecular complexity index is 958. The number of rotatable bonds is 3. The standard InChI is InChI=1S/C14H16N6O2S2/c1-24(21,22)19-8-4-10(5-9-19)12-16-17-14-20(12)18-13(23-14)11-2-6-15-7-3-11/h2-3,6-7,10H,4-5,8-9H2,1H3. The summed E-state index contributed by atoms with van der Waals surface area (Å²) in [6, 6.07) is 3.83. The molecule has 24 heavy (non-hydrogen) atoms. The molecule has 0 aliphatic carbocycles. The fourth-order valence-electron chi connectivity index (χ4n) is 2.94. The summed E-state index contributed by atoms with van der Waals surface area (Å²) in [5.41, 5.74) is 0.998. The van der Waals surface area contributed by atoms with Crippen LogP contribution in [0.5, 0.6) is 0 Å². The third kappa shape index (κ3) is 2.80. The molecule has 0 radical (unpaired) electrons. The summed E-state index contributed by atoms with van der Waals surface area (Å²) in [4.78, 5) is 4.77. The van der Waals surface area contributed by atoms with Crippen molar-refractivity contribution < 1.29 is 8.42 Å². The van der Waals surface area contributed by atoms with Crippen molar-refractivity contribution in [1.29, 1.82) is 0 Å². The number of hydrogen-bond donors (Lipinski definition) is 0. The summed E-state index contributed by atoms with van der Waals surface area (Å²) in [6.07, 6.45) is 6.19. The molecule has 0 unspecified atom stereocenters. The van der Waals surface area contributed by atoms with E-state index in [4.69, 9.17) is 0 Å². The third-order valence-corrected chi connectivity index (χ3v) is 6.48. The van der Waals surface area contributed by atoms with Crippen molar-refractivity contribution in [1.82, 2.24) is 29.1 Å². The van der Waals surface area contributed by atoms with Crippen molar-refractivity contribution in [3.8, 4) is 10.6 Å². The average Bonchev–Trinajstić information content (AvgIpc) is 3.15. The number of aromatic nitrogens is 5. The summed E-state index contributed by atoms with van der Waals surface area (Å²) >= 11 is 1.48. The summed E-state index contributed by atoms with van der Waals surface area (Å²) in [5.74, 6) is 0.986. The van der Waals surface area contributed by atoms with Crippen LogP contribution in [0.4, 0.5) is 0 Å². The van der Waals surface area contributed by atoms with Crippen molar-refractivity contribution in [2.45, 2.75) is 18.8 Å². The van der Waals surface area contributed by atoms with E-state index >= 15 is 0 Å². The molecule has 0 N–H and O–H groups in total. The highest BCUT2D eigenvalue weighted by atomic mass is 32.2. The first-order chi connectivity index (χ1) is 11.5. The molecule has 4 heterocycles. The highest BCUT2D eigenvalue weighted by Crippen LogP contribution is 2.31. The minimum absolute atomic E-state index is 0.172. The van der Waals surface area contributed by atoms with Gasteiger partial charge in [-0.1, -0.05) is 11.3 Å². The number of pyridine rings is 1. The summed E-state index contributed by atoms with van der Waals surface area (Å²) in [6.45, 7) is 1.03. The molecule has 4 rings (SSSR count). The lowest BCUT2D eigenvalue weighted by molar-refractivity contribution is 0.313. The zero-order valence-electron chi connectivity index (χ0n) is 13.0. The third-order valence-electron chi connectivity index (χ3n) is 4.23. The molecule has 0 aromatic carbocycles. The fraction of sp³-hybridized carbons (Fsp3) is 0.429. The molecular formula is C14H16N6O2S2. The van der Waals surface area contributed by atoms with Gasteiger partial charge in [-0.25, -0.2) is 12.7 Å². The zero-order valence-corrected chi connectivity index (χ0v) is 14.7. The van der Waals surface area contributed by atoms with Crippen molar-refractivity contribution in [3.63, 3.8) is 0 Å². The Balaban J connectivity index is 1.61. The molecule has 0 atom stereocenters. The lowest BCUT2D eigenvalue weighted by Crippen LogP contribution is -2.37. The first-order valence-electron chi connectivity index (χ1n) is 7.60. The Labute approximate surface area is 143 Å². The maximum Gasteiger partial charge on any atom is 0.234 e. The van der Waals surface area contributed by atoms with Crippen LogP contribution in [0, 0.1) is 0 Å². The number of fused-ring (bicyclic) bond motifs is 1. The lowest BCUT2D eigenvalue weighted by atomic mass is 9.97. The van der Waals surface area contributed by atoms with Crippen LogP contribution in [-0.2, 0) is 10.0 Å². The topological polar surface area (TPSA) is 93.4 Å². The van der Waals surface area contributed by atoms with Gasteiger partial charge in [0, 0.05) is 37.0 Å². The molecule has 8 nitrogen and oxygen atoms in total. The molecule has 1 aliphatic heterocycles. The molecular weight excluding hydrogens is 348 g/mol. The van der Waals surface area contributed by atoms with Crippen molar-refractivity contribution in [2.75, 3.05) is 19.3 Å². The lowest BCUT2D eigenvalue weighted by Gasteiger charge is -2.28. The smallest absolute Gasteiger partial charge is 0.234 e. The van der Waals surface area contributed by atoms with E-state index in [1.165, 1.54) is 21.9 Å². The Hall–Kier alpha value is -1.91. The maximum atomic E-state index is 11.6. The second-order valence-corrected chi connectivity index (χ2v) is 8.77. The number of nitrogens with zero attached hydrogens (tertiary/aromatic N) is 6. The predicted molar refractivity (Wildman–Crippen MR) is 90.3 cm³/mol. The first kappa shape index (κ1) is 15.6. The van der Waals surface area contributed by atoms with Gasteiger partial charge in [0.05, 0.1) is 6.26 Å². The van der Waals surface area contributed by atoms with E-state index in [0.29, 0.717) is 13.1 Å². The molecule has 0 bridgehead atoms. The molecule has 3 aromatic heterocycles. The molecule has 1 fully saturated rings. The van der Waals surface area contributed by atoms with Crippen LogP contribution < -0.4 is 0 Å². The molecule has 0 spiro atoms. The van der Waals surface area contributed by atoms with Gasteiger partial charge in [0.1, 0.15) is 5.01 Å². The van der Waals surface area contributed by atoms with Crippen LogP contribution in [0.1, 0.15) is 24.6 Å². The van der Waals surface area contributed by atoms with Crippen molar-refractivity contribution >= 4 is 26.3 Å². The van der Waals surface area contributed by atoms with Gasteiger partial charge in [-0.3, -0.25) is 4.98 Å². The molecule has 0 saturated carbocycles. The second-order valence-electron chi connectivity index (χ2n) is 5.83. The van der Waals surface area contributed by atoms with Gasteiger partial charge in [0.15, 0.2) is 5.82 Å². The van der Waals surface area contributed by atoms with E-state index in [2.05, 4.69) is 20.3 Å². The van der Waals surface area contributed by atoms with Gasteiger partial charge < -0.3 is 0 Å². The SMILES string of the molecule is CS(=O)(=O)N1CCC(c2nnc3sc(-c4ccncc4)nn23)CC1. The van der Waals surface area contributed by atoms with Crippen LogP contribution in [0.25, 0.3) is 15.5 Å². The molecule has 126 valence electrons. The van der Waals surface area contributed by atoms with E-state index in [0.717, 1.165) is 34.2 Å². The van der Waals surface area contributed by atoms with Crippen LogP contribution in [-0.4, -0.2) is 56.9 Å². The fourth-order valence-corrected chi connectivity index (χ4v) is 4.67. The molecule has 1 aliphatic rings. The maximum absolute atomic E-state index is 11.6. The summed E-state index contributed by atoms with van der Waals surface area (Å²) in [5, 5.41) is 14.0. The molecule has 3 aromatic rings. The average molecular weight is 364 g/mol. The monoisotopic (exact) mass is 364 g/mol.